The Morgan fingerprint density at radius 3 is 1.43 bits per heavy atom. The Labute approximate surface area is 703 Å². The molecule has 1 amide bonds. The number of H-pyrrole nitrogens is 2. The molecule has 3 N–H and O–H groups in total. The summed E-state index contributed by atoms with van der Waals surface area (Å²) in [5, 5.41) is 10.9. The molecule has 0 radical (unpaired) electrons. The number of methoxy groups -OCH3 is 2. The lowest BCUT2D eigenvalue weighted by Crippen LogP contribution is -2.41. The van der Waals surface area contributed by atoms with E-state index >= 15 is 0 Å². The predicted octanol–water partition coefficient (Wildman–Crippen LogP) is 16.0. The minimum Gasteiger partial charge on any atom is -0.494 e. The molecule has 0 saturated carbocycles. The number of Topliss-reactive ketones (excluding diaryl/α,β-unsaturated/α-hetero) is 1. The maximum absolute atomic E-state index is 13.9. The second kappa shape index (κ2) is 43.4. The maximum atomic E-state index is 13.9. The second-order valence-electron chi connectivity index (χ2n) is 32.1. The minimum absolute atomic E-state index is 0.00963. The smallest absolute Gasteiger partial charge is 0.494 e. The third-order valence-electron chi connectivity index (χ3n) is 22.4. The highest BCUT2D eigenvalue weighted by atomic mass is 79.9. The minimum atomic E-state index is -0.538. The lowest BCUT2D eigenvalue weighted by molar-refractivity contribution is -0.145. The number of pyridine rings is 2. The molecule has 638 valence electrons. The van der Waals surface area contributed by atoms with Gasteiger partial charge in [-0.2, -0.15) is 0 Å². The second-order valence-corrected chi connectivity index (χ2v) is 33.0. The van der Waals surface area contributed by atoms with Crippen LogP contribution in [0.15, 0.2) is 120 Å². The van der Waals surface area contributed by atoms with Gasteiger partial charge in [0.1, 0.15) is 23.3 Å². The molecule has 7 heterocycles. The number of carbonyl (C=O) groups is 4. The van der Waals surface area contributed by atoms with Crippen molar-refractivity contribution in [1.29, 1.82) is 0 Å². The highest BCUT2D eigenvalue weighted by Gasteiger charge is 2.52. The molecule has 0 spiro atoms. The Hall–Kier alpha value is -9.54. The monoisotopic (exact) mass is 1690 g/mol. The maximum Gasteiger partial charge on any atom is 0.494 e. The van der Waals surface area contributed by atoms with Crippen LogP contribution >= 0.6 is 15.9 Å². The summed E-state index contributed by atoms with van der Waals surface area (Å²) in [6.07, 6.45) is 7.70. The van der Waals surface area contributed by atoms with Crippen LogP contribution in [0, 0.1) is 53.4 Å². The molecule has 27 heteroatoms. The number of anilines is 2. The highest BCUT2D eigenvalue weighted by Crippen LogP contribution is 2.39. The van der Waals surface area contributed by atoms with Gasteiger partial charge in [-0.3, -0.25) is 28.8 Å². The number of hydrogen-bond acceptors (Lipinski definition) is 22. The predicted molar refractivity (Wildman–Crippen MR) is 461 cm³/mol. The van der Waals surface area contributed by atoms with Crippen molar-refractivity contribution in [2.75, 3.05) is 90.0 Å². The molecule has 3 fully saturated rings. The summed E-state index contributed by atoms with van der Waals surface area (Å²) >= 11 is 3.61. The molecule has 4 aromatic carbocycles. The number of unbranched alkanes of at least 4 members (excludes halogenated alkanes) is 2. The number of amides is 1. The quantitative estimate of drug-likeness (QED) is 0.0144. The number of esters is 2. The van der Waals surface area contributed by atoms with Crippen molar-refractivity contribution in [2.45, 2.75) is 217 Å². The molecule has 3 aliphatic heterocycles. The van der Waals surface area contributed by atoms with Crippen LogP contribution in [0.25, 0.3) is 11.1 Å². The largest absolute Gasteiger partial charge is 0.494 e. The van der Waals surface area contributed by atoms with E-state index in [0.717, 1.165) is 161 Å². The van der Waals surface area contributed by atoms with Crippen LogP contribution < -0.4 is 50.6 Å². The molecule has 8 aromatic rings. The molecule has 4 aromatic heterocycles. The normalized spacial score (nSPS) is 15.1. The molecule has 3 saturated heterocycles. The lowest BCUT2D eigenvalue weighted by atomic mass is 9.79. The number of aromatic amines is 2. The van der Waals surface area contributed by atoms with Gasteiger partial charge < -0.3 is 81.3 Å². The first-order valence-electron chi connectivity index (χ1n) is 41.4. The number of ketones is 1. The van der Waals surface area contributed by atoms with Gasteiger partial charge in [-0.25, -0.2) is 0 Å². The standard InChI is InChI=1S/C42H54N4O8.C25H36BNO7.C24H31BrN2O3/c1-8-46(32-15-19-51-20-16-32)36-23-31(22-34(29(36)6)40(47)43-25-35-27(4)21-28(5)44-41(35)48)30-11-13-33(14-12-30)52-17-9-10-18-53-38-24-37(54-45-38)39(26(2)3)42(49)50-7;1-17(2)22(23(28)29-7)20-16-21(27-32-20)31-15-9-8-14-30-19-12-10-18(11-13-19)26-33-24(3,4)25(5,6)34-26;1-5-27(19-8-10-30-11-9-19)22-14-18(25)13-21(17(22)4)23(28)7-6-20-15(2)12-16(3)26-24(20)29/h11-14,21-24,26,32,39H,8-10,15-20,25H2,1-7H3,(H,43,47)(H,44,48);10-13,16-17,22H,8-9,14-15H2,1-7H3;12-14,19H,5-11H2,1-4H3,(H,26,29). The summed E-state index contributed by atoms with van der Waals surface area (Å²) in [6, 6.07) is 31.7. The summed E-state index contributed by atoms with van der Waals surface area (Å²) in [6.45, 7) is 38.5. The van der Waals surface area contributed by atoms with E-state index in [-0.39, 0.29) is 71.4 Å². The van der Waals surface area contributed by atoms with Gasteiger partial charge in [0.25, 0.3) is 28.8 Å². The van der Waals surface area contributed by atoms with Crippen LogP contribution in [0.1, 0.15) is 216 Å². The summed E-state index contributed by atoms with van der Waals surface area (Å²) in [5.74, 6) is 1.21. The molecule has 2 unspecified atom stereocenters. The SMILES string of the molecule is CCN(c1cc(-c2ccc(OCCCCOc3cc(C(C(=O)OC)C(C)C)on3)cc2)cc(C(=O)NCc2c(C)cc(C)[nH]c2=O)c1C)C1CCOCC1.CCN(c1cc(Br)cc(C(=O)CCc2c(C)cc(C)[nH]c2=O)c1C)C1CCOCC1.COC(=O)C(c1cc(OCCCCOc2ccc(B3OC(C)(C)C(C)(C)O3)cc2)no1)C(C)C. The van der Waals surface area contributed by atoms with Crippen LogP contribution in [0.3, 0.4) is 0 Å². The van der Waals surface area contributed by atoms with E-state index in [9.17, 15) is 28.8 Å². The van der Waals surface area contributed by atoms with Crippen LogP contribution in [0.5, 0.6) is 23.3 Å². The van der Waals surface area contributed by atoms with E-state index in [1.807, 2.05) is 170 Å². The van der Waals surface area contributed by atoms with E-state index in [4.69, 9.17) is 56.2 Å². The molecule has 3 aliphatic rings. The van der Waals surface area contributed by atoms with Crippen molar-refractivity contribution >= 4 is 63.5 Å². The number of hydrogen-bond donors (Lipinski definition) is 3. The summed E-state index contributed by atoms with van der Waals surface area (Å²) < 4.78 is 67.9. The number of ether oxygens (including phenoxy) is 8. The summed E-state index contributed by atoms with van der Waals surface area (Å²) in [5.41, 5.74) is 11.8. The summed E-state index contributed by atoms with van der Waals surface area (Å²) in [4.78, 5) is 86.6. The van der Waals surface area contributed by atoms with Crippen LogP contribution in [0.2, 0.25) is 0 Å². The van der Waals surface area contributed by atoms with Gasteiger partial charge in [0.2, 0.25) is 0 Å². The average Bonchev–Trinajstić information content (AvgIpc) is 1.50. The fourth-order valence-corrected chi connectivity index (χ4v) is 15.5. The number of rotatable bonds is 35. The Morgan fingerprint density at radius 2 is 0.992 bits per heavy atom. The zero-order valence-electron chi connectivity index (χ0n) is 72.1. The number of carbonyl (C=O) groups excluding carboxylic acids is 4. The third kappa shape index (κ3) is 24.6. The van der Waals surface area contributed by atoms with Crippen molar-refractivity contribution < 1.29 is 75.4 Å². The van der Waals surface area contributed by atoms with E-state index in [1.165, 1.54) is 14.2 Å². The van der Waals surface area contributed by atoms with Gasteiger partial charge in [-0.05, 0) is 263 Å². The third-order valence-corrected chi connectivity index (χ3v) is 22.9. The number of benzene rings is 4. The number of aryl methyl sites for hydroxylation is 4. The van der Waals surface area contributed by atoms with Gasteiger partial charge in [0.05, 0.1) is 51.8 Å². The number of halogens is 1. The molecule has 118 heavy (non-hydrogen) atoms. The van der Waals surface area contributed by atoms with Gasteiger partial charge in [0, 0.05) is 126 Å². The van der Waals surface area contributed by atoms with E-state index < -0.39 is 11.8 Å². The Morgan fingerprint density at radius 1 is 0.559 bits per heavy atom. The Bertz CT molecular complexity index is 4740. The van der Waals surface area contributed by atoms with Crippen molar-refractivity contribution in [3.63, 3.8) is 0 Å². The summed E-state index contributed by atoms with van der Waals surface area (Å²) in [7, 11) is 2.34. The van der Waals surface area contributed by atoms with Crippen molar-refractivity contribution in [3.8, 4) is 34.4 Å². The zero-order valence-corrected chi connectivity index (χ0v) is 73.7. The van der Waals surface area contributed by atoms with Gasteiger partial charge >= 0.3 is 19.1 Å². The molecular weight excluding hydrogens is 1570 g/mol. The van der Waals surface area contributed by atoms with E-state index in [2.05, 4.69) is 77.3 Å². The zero-order chi connectivity index (χ0) is 85.5. The molecule has 0 aliphatic carbocycles. The topological polar surface area (TPSA) is 297 Å². The van der Waals surface area contributed by atoms with E-state index in [1.54, 1.807) is 12.1 Å². The number of aromatic nitrogens is 4. The number of nitrogens with zero attached hydrogens (tertiary/aromatic N) is 4. The first-order chi connectivity index (χ1) is 56.3. The molecule has 2 atom stereocenters. The Balaban J connectivity index is 0.000000214. The molecule has 0 bridgehead atoms. The highest BCUT2D eigenvalue weighted by molar-refractivity contribution is 9.10. The van der Waals surface area contributed by atoms with Crippen molar-refractivity contribution in [1.82, 2.24) is 25.6 Å². The Kier molecular flexibility index (Phi) is 34.0. The fourth-order valence-electron chi connectivity index (χ4n) is 15.1. The molecule has 11 rings (SSSR count). The number of nitrogens with one attached hydrogen (secondary N) is 3. The van der Waals surface area contributed by atoms with Gasteiger partial charge in [-0.15, -0.1) is 0 Å². The first-order valence-corrected chi connectivity index (χ1v) is 42.1. The van der Waals surface area contributed by atoms with Crippen LogP contribution in [0.4, 0.5) is 11.4 Å². The van der Waals surface area contributed by atoms with Gasteiger partial charge in [0.15, 0.2) is 17.3 Å². The van der Waals surface area contributed by atoms with E-state index in [0.29, 0.717) is 105 Å². The van der Waals surface area contributed by atoms with Crippen molar-refractivity contribution in [2.24, 2.45) is 11.8 Å². The molecular formula is C91H121BBrN7O18. The lowest BCUT2D eigenvalue weighted by Gasteiger charge is -2.37. The fraction of sp³-hybridized carbons (Fsp3) is 0.516. The van der Waals surface area contributed by atoms with Crippen LogP contribution in [-0.2, 0) is 50.8 Å². The van der Waals surface area contributed by atoms with Crippen LogP contribution in [-0.4, -0.2) is 154 Å². The first kappa shape index (κ1) is 92.3. The average molecular weight is 1690 g/mol. The molecule has 25 nitrogen and oxygen atoms in total. The van der Waals surface area contributed by atoms with Crippen molar-refractivity contribution in [3.05, 3.63) is 190 Å². The van der Waals surface area contributed by atoms with Gasteiger partial charge in [-0.1, -0.05) is 67.9 Å².